The van der Waals surface area contributed by atoms with Gasteiger partial charge in [0.25, 0.3) is 0 Å². The van der Waals surface area contributed by atoms with Gasteiger partial charge in [0.05, 0.1) is 0 Å². The Balaban J connectivity index is 2.02. The zero-order chi connectivity index (χ0) is 15.3. The zero-order valence-corrected chi connectivity index (χ0v) is 12.9. The summed E-state index contributed by atoms with van der Waals surface area (Å²) >= 11 is 3.33. The quantitative estimate of drug-likeness (QED) is 0.813. The molecule has 21 heavy (non-hydrogen) atoms. The van der Waals surface area contributed by atoms with Crippen LogP contribution in [0.15, 0.2) is 34.8 Å². The van der Waals surface area contributed by atoms with Crippen LogP contribution in [0, 0.1) is 0 Å². The van der Waals surface area contributed by atoms with E-state index in [0.29, 0.717) is 13.2 Å². The second-order valence-corrected chi connectivity index (χ2v) is 5.79. The maximum atomic E-state index is 11.9. The summed E-state index contributed by atoms with van der Waals surface area (Å²) in [4.78, 5) is 23.4. The van der Waals surface area contributed by atoms with Crippen molar-refractivity contribution >= 4 is 33.9 Å². The van der Waals surface area contributed by atoms with Crippen molar-refractivity contribution in [3.63, 3.8) is 0 Å². The number of hydrogen-bond acceptors (Lipinski definition) is 3. The average molecular weight is 354 g/mol. The van der Waals surface area contributed by atoms with Gasteiger partial charge in [-0.2, -0.15) is 0 Å². The van der Waals surface area contributed by atoms with Crippen molar-refractivity contribution in [1.82, 2.24) is 5.32 Å². The van der Waals surface area contributed by atoms with Gasteiger partial charge in [0, 0.05) is 36.6 Å². The van der Waals surface area contributed by atoms with E-state index in [1.165, 1.54) is 6.08 Å². The van der Waals surface area contributed by atoms with Crippen molar-refractivity contribution in [2.45, 2.75) is 18.4 Å². The Labute approximate surface area is 131 Å². The molecule has 1 aliphatic heterocycles. The topological polar surface area (TPSA) is 75.6 Å². The molecule has 1 amide bonds. The minimum atomic E-state index is -1.22. The predicted molar refractivity (Wildman–Crippen MR) is 81.7 cm³/mol. The molecule has 1 fully saturated rings. The highest BCUT2D eigenvalue weighted by atomic mass is 79.9. The fourth-order valence-corrected chi connectivity index (χ4v) is 2.40. The Morgan fingerprint density at radius 3 is 2.43 bits per heavy atom. The third-order valence-corrected chi connectivity index (χ3v) is 3.94. The van der Waals surface area contributed by atoms with Crippen LogP contribution in [0.4, 0.5) is 0 Å². The lowest BCUT2D eigenvalue weighted by molar-refractivity contribution is -0.151. The number of amides is 1. The number of hydrogen-bond donors (Lipinski definition) is 2. The van der Waals surface area contributed by atoms with E-state index < -0.39 is 17.4 Å². The average Bonchev–Trinajstić information content (AvgIpc) is 2.47. The Morgan fingerprint density at radius 1 is 1.24 bits per heavy atom. The highest BCUT2D eigenvalue weighted by Crippen LogP contribution is 2.21. The van der Waals surface area contributed by atoms with Gasteiger partial charge in [-0.1, -0.05) is 28.1 Å². The fourth-order valence-electron chi connectivity index (χ4n) is 2.14. The highest BCUT2D eigenvalue weighted by Gasteiger charge is 2.41. The van der Waals surface area contributed by atoms with Crippen molar-refractivity contribution in [3.05, 3.63) is 40.4 Å². The van der Waals surface area contributed by atoms with Crippen LogP contribution in [0.1, 0.15) is 18.4 Å². The van der Waals surface area contributed by atoms with Crippen LogP contribution in [-0.4, -0.2) is 35.7 Å². The van der Waals surface area contributed by atoms with Crippen LogP contribution < -0.4 is 5.32 Å². The molecule has 0 atom stereocenters. The first-order valence-corrected chi connectivity index (χ1v) is 7.38. The van der Waals surface area contributed by atoms with Gasteiger partial charge >= 0.3 is 5.97 Å². The first kappa shape index (κ1) is 15.7. The molecule has 5 nitrogen and oxygen atoms in total. The van der Waals surface area contributed by atoms with Crippen LogP contribution >= 0.6 is 15.9 Å². The summed E-state index contributed by atoms with van der Waals surface area (Å²) in [5, 5.41) is 12.0. The molecule has 1 aromatic carbocycles. The van der Waals surface area contributed by atoms with Crippen LogP contribution in [0.2, 0.25) is 0 Å². The van der Waals surface area contributed by atoms with Crippen molar-refractivity contribution < 1.29 is 19.4 Å². The molecule has 0 saturated carbocycles. The number of carboxylic acid groups (broad SMARTS) is 1. The lowest BCUT2D eigenvalue weighted by atomic mass is 9.90. The van der Waals surface area contributed by atoms with E-state index in [9.17, 15) is 14.7 Å². The van der Waals surface area contributed by atoms with E-state index in [0.717, 1.165) is 10.0 Å². The largest absolute Gasteiger partial charge is 0.480 e. The van der Waals surface area contributed by atoms with Gasteiger partial charge in [0.2, 0.25) is 5.91 Å². The number of nitrogens with one attached hydrogen (secondary N) is 1. The van der Waals surface area contributed by atoms with Crippen LogP contribution in [0.25, 0.3) is 6.08 Å². The number of benzene rings is 1. The standard InChI is InChI=1S/C15H16BrNO4/c16-12-4-1-11(2-5-12)3-6-13(18)17-15(14(19)20)7-9-21-10-8-15/h1-6H,7-10H2,(H,17,18)(H,19,20)/b6-3+. The van der Waals surface area contributed by atoms with Gasteiger partial charge in [0.15, 0.2) is 0 Å². The number of rotatable bonds is 4. The van der Waals surface area contributed by atoms with Crippen LogP contribution in [0.5, 0.6) is 0 Å². The van der Waals surface area contributed by atoms with Crippen LogP contribution in [-0.2, 0) is 14.3 Å². The Morgan fingerprint density at radius 2 is 1.86 bits per heavy atom. The monoisotopic (exact) mass is 353 g/mol. The molecule has 1 heterocycles. The summed E-state index contributed by atoms with van der Waals surface area (Å²) in [5.74, 6) is -1.43. The molecule has 2 rings (SSSR count). The second-order valence-electron chi connectivity index (χ2n) is 4.87. The van der Waals surface area contributed by atoms with Crippen molar-refractivity contribution in [2.24, 2.45) is 0 Å². The summed E-state index contributed by atoms with van der Waals surface area (Å²) in [6, 6.07) is 7.45. The molecule has 0 bridgehead atoms. The Kier molecular flexibility index (Phi) is 5.14. The van der Waals surface area contributed by atoms with E-state index in [2.05, 4.69) is 21.2 Å². The van der Waals surface area contributed by atoms with E-state index in [-0.39, 0.29) is 12.8 Å². The van der Waals surface area contributed by atoms with Gasteiger partial charge in [-0.3, -0.25) is 4.79 Å². The molecule has 0 unspecified atom stereocenters. The first-order valence-electron chi connectivity index (χ1n) is 6.59. The number of ether oxygens (including phenoxy) is 1. The summed E-state index contributed by atoms with van der Waals surface area (Å²) in [6.07, 6.45) is 3.56. The molecular formula is C15H16BrNO4. The normalized spacial score (nSPS) is 17.6. The third kappa shape index (κ3) is 4.15. The lowest BCUT2D eigenvalue weighted by Gasteiger charge is -2.33. The number of carbonyl (C=O) groups is 2. The van der Waals surface area contributed by atoms with Gasteiger partial charge in [-0.25, -0.2) is 4.79 Å². The maximum absolute atomic E-state index is 11.9. The van der Waals surface area contributed by atoms with Crippen LogP contribution in [0.3, 0.4) is 0 Å². The Hall–Kier alpha value is -1.66. The van der Waals surface area contributed by atoms with E-state index in [1.807, 2.05) is 24.3 Å². The van der Waals surface area contributed by atoms with Gasteiger partial charge < -0.3 is 15.2 Å². The summed E-state index contributed by atoms with van der Waals surface area (Å²) in [5.41, 5.74) is -0.357. The van der Waals surface area contributed by atoms with E-state index in [1.54, 1.807) is 6.08 Å². The molecule has 1 aliphatic rings. The fraction of sp³-hybridized carbons (Fsp3) is 0.333. The zero-order valence-electron chi connectivity index (χ0n) is 11.3. The highest BCUT2D eigenvalue weighted by molar-refractivity contribution is 9.10. The molecule has 0 radical (unpaired) electrons. The smallest absolute Gasteiger partial charge is 0.329 e. The second kappa shape index (κ2) is 6.87. The molecule has 0 spiro atoms. The van der Waals surface area contributed by atoms with Crippen molar-refractivity contribution in [1.29, 1.82) is 0 Å². The lowest BCUT2D eigenvalue weighted by Crippen LogP contribution is -2.57. The predicted octanol–water partition coefficient (Wildman–Crippen LogP) is 2.21. The minimum absolute atomic E-state index is 0.278. The number of aliphatic carboxylic acids is 1. The molecule has 0 aromatic heterocycles. The summed E-state index contributed by atoms with van der Waals surface area (Å²) in [6.45, 7) is 0.673. The SMILES string of the molecule is O=C(/C=C/c1ccc(Br)cc1)NC1(C(=O)O)CCOCC1. The summed E-state index contributed by atoms with van der Waals surface area (Å²) < 4.78 is 6.11. The molecule has 112 valence electrons. The Bertz CT molecular complexity index is 547. The van der Waals surface area contributed by atoms with Crippen molar-refractivity contribution in [2.75, 3.05) is 13.2 Å². The number of carboxylic acids is 1. The maximum Gasteiger partial charge on any atom is 0.329 e. The van der Waals surface area contributed by atoms with E-state index >= 15 is 0 Å². The molecule has 6 heteroatoms. The first-order chi connectivity index (χ1) is 10.0. The molecule has 2 N–H and O–H groups in total. The number of halogens is 1. The number of carbonyl (C=O) groups excluding carboxylic acids is 1. The van der Waals surface area contributed by atoms with Crippen molar-refractivity contribution in [3.8, 4) is 0 Å². The van der Waals surface area contributed by atoms with Gasteiger partial charge in [0.1, 0.15) is 5.54 Å². The molecule has 0 aliphatic carbocycles. The third-order valence-electron chi connectivity index (χ3n) is 3.42. The summed E-state index contributed by atoms with van der Waals surface area (Å²) in [7, 11) is 0. The molecule has 1 aromatic rings. The minimum Gasteiger partial charge on any atom is -0.480 e. The van der Waals surface area contributed by atoms with Gasteiger partial charge in [-0.05, 0) is 23.8 Å². The molecule has 1 saturated heterocycles. The van der Waals surface area contributed by atoms with Gasteiger partial charge in [-0.15, -0.1) is 0 Å². The van der Waals surface area contributed by atoms with E-state index in [4.69, 9.17) is 4.74 Å². The molecular weight excluding hydrogens is 338 g/mol.